The van der Waals surface area contributed by atoms with Gasteiger partial charge in [0.1, 0.15) is 5.82 Å². The summed E-state index contributed by atoms with van der Waals surface area (Å²) in [6.07, 6.45) is 6.93. The smallest absolute Gasteiger partial charge is 0.131 e. The molecule has 1 atom stereocenters. The molecule has 2 fully saturated rings. The fourth-order valence-electron chi connectivity index (χ4n) is 5.28. The monoisotopic (exact) mass is 384 g/mol. The molecule has 1 unspecified atom stereocenters. The summed E-state index contributed by atoms with van der Waals surface area (Å²) in [5, 5.41) is 0. The molecule has 148 valence electrons. The molecule has 1 spiro atoms. The van der Waals surface area contributed by atoms with Crippen LogP contribution in [0.5, 0.6) is 0 Å². The minimum atomic E-state index is -0.159. The van der Waals surface area contributed by atoms with Crippen molar-refractivity contribution in [3.05, 3.63) is 83.7 Å². The maximum atomic E-state index is 14.8. The Morgan fingerprint density at radius 3 is 2.07 bits per heavy atom. The second kappa shape index (κ2) is 7.13. The van der Waals surface area contributed by atoms with Crippen molar-refractivity contribution in [2.75, 3.05) is 0 Å². The molecule has 0 nitrogen and oxygen atoms in total. The van der Waals surface area contributed by atoms with Gasteiger partial charge in [0.25, 0.3) is 0 Å². The van der Waals surface area contributed by atoms with E-state index in [0.717, 1.165) is 28.5 Å². The minimum absolute atomic E-state index is 0.159. The Morgan fingerprint density at radius 1 is 0.793 bits per heavy atom. The lowest BCUT2D eigenvalue weighted by molar-refractivity contribution is 0.264. The summed E-state index contributed by atoms with van der Waals surface area (Å²) >= 11 is 0. The van der Waals surface area contributed by atoms with Crippen LogP contribution in [0.2, 0.25) is 0 Å². The second-order valence-corrected chi connectivity index (χ2v) is 9.48. The SMILES string of the molecule is Cc1ccc(-c2ccc(-c3ccc(C4CC45CCC(C)CC5)cc3)cc2F)cc1. The Labute approximate surface area is 173 Å². The van der Waals surface area contributed by atoms with E-state index < -0.39 is 0 Å². The van der Waals surface area contributed by atoms with Crippen molar-refractivity contribution in [3.63, 3.8) is 0 Å². The van der Waals surface area contributed by atoms with Crippen molar-refractivity contribution in [2.45, 2.75) is 51.9 Å². The molecular formula is C28H29F. The fraction of sp³-hybridized carbons (Fsp3) is 0.357. The lowest BCUT2D eigenvalue weighted by Gasteiger charge is -2.27. The van der Waals surface area contributed by atoms with E-state index in [1.165, 1.54) is 43.2 Å². The van der Waals surface area contributed by atoms with E-state index >= 15 is 0 Å². The van der Waals surface area contributed by atoms with Gasteiger partial charge in [-0.2, -0.15) is 0 Å². The fourth-order valence-corrected chi connectivity index (χ4v) is 5.28. The van der Waals surface area contributed by atoms with Crippen LogP contribution >= 0.6 is 0 Å². The van der Waals surface area contributed by atoms with Crippen LogP contribution in [0.15, 0.2) is 66.7 Å². The highest BCUT2D eigenvalue weighted by atomic mass is 19.1. The molecule has 5 rings (SSSR count). The normalized spacial score (nSPS) is 25.9. The molecular weight excluding hydrogens is 355 g/mol. The molecule has 0 saturated heterocycles. The van der Waals surface area contributed by atoms with Crippen LogP contribution in [0.1, 0.15) is 56.1 Å². The molecule has 3 aromatic rings. The molecule has 0 heterocycles. The highest BCUT2D eigenvalue weighted by Crippen LogP contribution is 2.67. The van der Waals surface area contributed by atoms with Gasteiger partial charge in [0.15, 0.2) is 0 Å². The highest BCUT2D eigenvalue weighted by molar-refractivity contribution is 5.71. The van der Waals surface area contributed by atoms with Gasteiger partial charge in [-0.05, 0) is 71.8 Å². The van der Waals surface area contributed by atoms with Crippen molar-refractivity contribution < 1.29 is 4.39 Å². The van der Waals surface area contributed by atoms with Gasteiger partial charge in [-0.3, -0.25) is 0 Å². The van der Waals surface area contributed by atoms with Crippen molar-refractivity contribution in [1.82, 2.24) is 0 Å². The maximum absolute atomic E-state index is 14.8. The zero-order valence-corrected chi connectivity index (χ0v) is 17.4. The first kappa shape index (κ1) is 18.6. The molecule has 29 heavy (non-hydrogen) atoms. The summed E-state index contributed by atoms with van der Waals surface area (Å²) in [7, 11) is 0. The third-order valence-electron chi connectivity index (χ3n) is 7.44. The predicted molar refractivity (Wildman–Crippen MR) is 119 cm³/mol. The summed E-state index contributed by atoms with van der Waals surface area (Å²) in [5.41, 5.74) is 6.88. The van der Waals surface area contributed by atoms with Crippen LogP contribution in [0.4, 0.5) is 4.39 Å². The van der Waals surface area contributed by atoms with Crippen LogP contribution in [-0.2, 0) is 0 Å². The van der Waals surface area contributed by atoms with E-state index in [1.807, 2.05) is 43.3 Å². The summed E-state index contributed by atoms with van der Waals surface area (Å²) < 4.78 is 14.8. The van der Waals surface area contributed by atoms with Gasteiger partial charge in [-0.25, -0.2) is 4.39 Å². The summed E-state index contributed by atoms with van der Waals surface area (Å²) in [4.78, 5) is 0. The lowest BCUT2D eigenvalue weighted by Crippen LogP contribution is -2.14. The average molecular weight is 385 g/mol. The first-order valence-corrected chi connectivity index (χ1v) is 11.0. The second-order valence-electron chi connectivity index (χ2n) is 9.48. The topological polar surface area (TPSA) is 0 Å². The first-order chi connectivity index (χ1) is 14.0. The molecule has 1 heteroatoms. The number of halogens is 1. The van der Waals surface area contributed by atoms with Gasteiger partial charge < -0.3 is 0 Å². The Hall–Kier alpha value is -2.41. The molecule has 0 amide bonds. The molecule has 0 radical (unpaired) electrons. The Morgan fingerprint density at radius 2 is 1.41 bits per heavy atom. The molecule has 0 N–H and O–H groups in total. The van der Waals surface area contributed by atoms with Crippen molar-refractivity contribution >= 4 is 0 Å². The van der Waals surface area contributed by atoms with Crippen LogP contribution < -0.4 is 0 Å². The summed E-state index contributed by atoms with van der Waals surface area (Å²) in [6.45, 7) is 4.44. The number of hydrogen-bond donors (Lipinski definition) is 0. The van der Waals surface area contributed by atoms with Crippen molar-refractivity contribution in [1.29, 1.82) is 0 Å². The van der Waals surface area contributed by atoms with Gasteiger partial charge in [-0.15, -0.1) is 0 Å². The van der Waals surface area contributed by atoms with Gasteiger partial charge in [-0.1, -0.05) is 86.0 Å². The number of rotatable bonds is 3. The molecule has 2 aliphatic carbocycles. The van der Waals surface area contributed by atoms with Crippen LogP contribution in [0, 0.1) is 24.1 Å². The van der Waals surface area contributed by atoms with E-state index in [1.54, 1.807) is 6.07 Å². The average Bonchev–Trinajstić information content (AvgIpc) is 3.45. The van der Waals surface area contributed by atoms with E-state index in [-0.39, 0.29) is 5.82 Å². The largest absolute Gasteiger partial charge is 0.206 e. The zero-order valence-electron chi connectivity index (χ0n) is 17.4. The van der Waals surface area contributed by atoms with Crippen LogP contribution in [0.25, 0.3) is 22.3 Å². The lowest BCUT2D eigenvalue weighted by atomic mass is 9.78. The molecule has 0 aromatic heterocycles. The summed E-state index contributed by atoms with van der Waals surface area (Å²) in [6, 6.07) is 22.5. The molecule has 0 bridgehead atoms. The predicted octanol–water partition coefficient (Wildman–Crippen LogP) is 8.15. The third kappa shape index (κ3) is 3.52. The Balaban J connectivity index is 1.34. The molecule has 0 aliphatic heterocycles. The first-order valence-electron chi connectivity index (χ1n) is 11.0. The van der Waals surface area contributed by atoms with E-state index in [2.05, 4.69) is 31.2 Å². The molecule has 2 aliphatic rings. The quantitative estimate of drug-likeness (QED) is 0.427. The van der Waals surface area contributed by atoms with Crippen LogP contribution in [-0.4, -0.2) is 0 Å². The number of aryl methyl sites for hydroxylation is 1. The zero-order chi connectivity index (χ0) is 20.0. The number of hydrogen-bond acceptors (Lipinski definition) is 0. The van der Waals surface area contributed by atoms with E-state index in [9.17, 15) is 4.39 Å². The van der Waals surface area contributed by atoms with Gasteiger partial charge in [0.2, 0.25) is 0 Å². The van der Waals surface area contributed by atoms with Crippen molar-refractivity contribution in [2.24, 2.45) is 11.3 Å². The van der Waals surface area contributed by atoms with E-state index in [0.29, 0.717) is 11.0 Å². The number of benzene rings is 3. The van der Waals surface area contributed by atoms with E-state index in [4.69, 9.17) is 0 Å². The molecule has 3 aromatic carbocycles. The van der Waals surface area contributed by atoms with Crippen molar-refractivity contribution in [3.8, 4) is 22.3 Å². The summed E-state index contributed by atoms with van der Waals surface area (Å²) in [5.74, 6) is 1.49. The third-order valence-corrected chi connectivity index (χ3v) is 7.44. The van der Waals surface area contributed by atoms with Gasteiger partial charge >= 0.3 is 0 Å². The van der Waals surface area contributed by atoms with Gasteiger partial charge in [0, 0.05) is 5.56 Å². The van der Waals surface area contributed by atoms with Crippen LogP contribution in [0.3, 0.4) is 0 Å². The highest BCUT2D eigenvalue weighted by Gasteiger charge is 2.54. The maximum Gasteiger partial charge on any atom is 0.131 e. The Kier molecular flexibility index (Phi) is 4.57. The standard InChI is InChI=1S/C28H29F/c1-19-3-5-22(6-4-19)25-12-11-24(17-27(25)29)21-7-9-23(10-8-21)26-18-28(26)15-13-20(2)14-16-28/h3-12,17,20,26H,13-16,18H2,1-2H3. The minimum Gasteiger partial charge on any atom is -0.206 e. The van der Waals surface area contributed by atoms with Gasteiger partial charge in [0.05, 0.1) is 0 Å². The Bertz CT molecular complexity index is 1010. The molecule has 2 saturated carbocycles.